The smallest absolute Gasteiger partial charge is 0.340 e. The first-order valence-electron chi connectivity index (χ1n) is 6.57. The van der Waals surface area contributed by atoms with Crippen molar-refractivity contribution in [3.63, 3.8) is 0 Å². The van der Waals surface area contributed by atoms with Crippen LogP contribution in [0.5, 0.6) is 0 Å². The lowest BCUT2D eigenvalue weighted by Gasteiger charge is -2.08. The van der Waals surface area contributed by atoms with Gasteiger partial charge in [-0.15, -0.1) is 0 Å². The Hall–Kier alpha value is -1.60. The Morgan fingerprint density at radius 3 is 2.68 bits per heavy atom. The molecule has 1 aromatic heterocycles. The molecule has 2 aromatic carbocycles. The highest BCUT2D eigenvalue weighted by Gasteiger charge is 2.17. The van der Waals surface area contributed by atoms with Crippen LogP contribution < -0.4 is 0 Å². The van der Waals surface area contributed by atoms with E-state index in [1.165, 1.54) is 10.7 Å². The van der Waals surface area contributed by atoms with Crippen LogP contribution in [0.3, 0.4) is 0 Å². The summed E-state index contributed by atoms with van der Waals surface area (Å²) in [6.07, 6.45) is 1.68. The van der Waals surface area contributed by atoms with E-state index in [1.54, 1.807) is 23.0 Å². The maximum absolute atomic E-state index is 12.0. The first-order chi connectivity index (χ1) is 10.6. The summed E-state index contributed by atoms with van der Waals surface area (Å²) in [7, 11) is 1.36. The third-order valence-electron chi connectivity index (χ3n) is 3.40. The minimum Gasteiger partial charge on any atom is -0.465 e. The van der Waals surface area contributed by atoms with E-state index in [9.17, 15) is 4.79 Å². The average Bonchev–Trinajstić information content (AvgIpc) is 2.94. The fraction of sp³-hybridized carbons (Fsp3) is 0.125. The molecule has 6 heteroatoms. The summed E-state index contributed by atoms with van der Waals surface area (Å²) in [6.45, 7) is 0.560. The van der Waals surface area contributed by atoms with E-state index >= 15 is 0 Å². The number of carbonyl (C=O) groups excluding carboxylic acids is 1. The van der Waals surface area contributed by atoms with Crippen molar-refractivity contribution < 1.29 is 9.53 Å². The second-order valence-corrected chi connectivity index (χ2v) is 6.43. The molecule has 0 aliphatic rings. The molecule has 0 aliphatic heterocycles. The third-order valence-corrected chi connectivity index (χ3v) is 4.45. The molecule has 1 heterocycles. The van der Waals surface area contributed by atoms with Gasteiger partial charge in [0.1, 0.15) is 0 Å². The van der Waals surface area contributed by atoms with Gasteiger partial charge in [-0.05, 0) is 52.4 Å². The van der Waals surface area contributed by atoms with Gasteiger partial charge in [0.15, 0.2) is 0 Å². The minimum atomic E-state index is -0.397. The molecule has 3 rings (SSSR count). The number of nitrogens with zero attached hydrogens (tertiary/aromatic N) is 2. The topological polar surface area (TPSA) is 44.1 Å². The second-order valence-electron chi connectivity index (χ2n) is 4.78. The number of ether oxygens (including phenoxy) is 1. The van der Waals surface area contributed by atoms with Gasteiger partial charge >= 0.3 is 5.97 Å². The van der Waals surface area contributed by atoms with Crippen molar-refractivity contribution in [1.29, 1.82) is 0 Å². The number of benzene rings is 2. The Morgan fingerprint density at radius 1 is 1.27 bits per heavy atom. The normalized spacial score (nSPS) is 10.9. The van der Waals surface area contributed by atoms with E-state index in [4.69, 9.17) is 16.3 Å². The van der Waals surface area contributed by atoms with Crippen LogP contribution in [0.1, 0.15) is 15.9 Å². The number of halogens is 2. The van der Waals surface area contributed by atoms with E-state index in [0.717, 1.165) is 10.9 Å². The zero-order valence-corrected chi connectivity index (χ0v) is 14.6. The molecular weight excluding hydrogens is 415 g/mol. The lowest BCUT2D eigenvalue weighted by atomic mass is 10.1. The highest BCUT2D eigenvalue weighted by atomic mass is 127. The molecule has 22 heavy (non-hydrogen) atoms. The Labute approximate surface area is 146 Å². The van der Waals surface area contributed by atoms with Gasteiger partial charge in [0.2, 0.25) is 0 Å². The Morgan fingerprint density at radius 2 is 2.00 bits per heavy atom. The Kier molecular flexibility index (Phi) is 4.35. The minimum absolute atomic E-state index is 0.397. The number of hydrogen-bond donors (Lipinski definition) is 0. The Bertz CT molecular complexity index is 843. The lowest BCUT2D eigenvalue weighted by molar-refractivity contribution is 0.0602. The molecule has 0 spiro atoms. The van der Waals surface area contributed by atoms with Crippen LogP contribution in [-0.4, -0.2) is 22.9 Å². The summed E-state index contributed by atoms with van der Waals surface area (Å²) in [5, 5.41) is 5.69. The fourth-order valence-corrected chi connectivity index (χ4v) is 2.89. The number of rotatable bonds is 3. The van der Waals surface area contributed by atoms with E-state index < -0.39 is 5.97 Å². The molecule has 0 saturated heterocycles. The predicted molar refractivity (Wildman–Crippen MR) is 94.3 cm³/mol. The molecule has 0 saturated carbocycles. The number of hydrogen-bond acceptors (Lipinski definition) is 3. The molecule has 0 aliphatic carbocycles. The number of aromatic nitrogens is 2. The molecule has 3 aromatic rings. The SMILES string of the molecule is COC(=O)c1ccc(Cl)c2cnn(Cc3ccc(I)cc3)c12. The zero-order chi connectivity index (χ0) is 15.7. The Balaban J connectivity index is 2.11. The average molecular weight is 427 g/mol. The standard InChI is InChI=1S/C16H12ClIN2O2/c1-22-16(21)12-6-7-14(17)13-8-19-20(15(12)13)9-10-2-4-11(18)5-3-10/h2-8H,9H2,1H3. The fourth-order valence-electron chi connectivity index (χ4n) is 2.33. The van der Waals surface area contributed by atoms with Gasteiger partial charge in [-0.1, -0.05) is 23.7 Å². The summed E-state index contributed by atoms with van der Waals surface area (Å²) in [5.41, 5.74) is 2.25. The molecule has 0 bridgehead atoms. The summed E-state index contributed by atoms with van der Waals surface area (Å²) in [4.78, 5) is 12.0. The van der Waals surface area contributed by atoms with E-state index in [-0.39, 0.29) is 0 Å². The monoisotopic (exact) mass is 426 g/mol. The predicted octanol–water partition coefficient (Wildman–Crippen LogP) is 4.13. The van der Waals surface area contributed by atoms with E-state index in [1.807, 2.05) is 24.3 Å². The highest BCUT2D eigenvalue weighted by molar-refractivity contribution is 14.1. The second kappa shape index (κ2) is 6.26. The number of esters is 1. The van der Waals surface area contributed by atoms with Crippen molar-refractivity contribution in [2.75, 3.05) is 7.11 Å². The molecule has 112 valence electrons. The van der Waals surface area contributed by atoms with Gasteiger partial charge in [0.25, 0.3) is 0 Å². The maximum Gasteiger partial charge on any atom is 0.340 e. The van der Waals surface area contributed by atoms with Crippen LogP contribution in [0.15, 0.2) is 42.6 Å². The quantitative estimate of drug-likeness (QED) is 0.467. The zero-order valence-electron chi connectivity index (χ0n) is 11.7. The first kappa shape index (κ1) is 15.3. The van der Waals surface area contributed by atoms with Crippen LogP contribution in [0.2, 0.25) is 5.02 Å². The van der Waals surface area contributed by atoms with Gasteiger partial charge in [-0.25, -0.2) is 4.79 Å². The molecule has 0 atom stereocenters. The van der Waals surface area contributed by atoms with Crippen LogP contribution in [-0.2, 0) is 11.3 Å². The van der Waals surface area contributed by atoms with Crippen molar-refractivity contribution in [3.8, 4) is 0 Å². The van der Waals surface area contributed by atoms with Gasteiger partial charge in [0, 0.05) is 8.96 Å². The largest absolute Gasteiger partial charge is 0.465 e. The number of carbonyl (C=O) groups is 1. The van der Waals surface area contributed by atoms with Gasteiger partial charge in [-0.3, -0.25) is 4.68 Å². The van der Waals surface area contributed by atoms with Crippen LogP contribution >= 0.6 is 34.2 Å². The molecule has 0 radical (unpaired) electrons. The van der Waals surface area contributed by atoms with Crippen molar-refractivity contribution >= 4 is 51.1 Å². The first-order valence-corrected chi connectivity index (χ1v) is 8.02. The summed E-state index contributed by atoms with van der Waals surface area (Å²) in [6, 6.07) is 11.5. The van der Waals surface area contributed by atoms with Gasteiger partial charge in [0.05, 0.1) is 36.0 Å². The molecule has 0 amide bonds. The van der Waals surface area contributed by atoms with Gasteiger partial charge < -0.3 is 4.74 Å². The summed E-state index contributed by atoms with van der Waals surface area (Å²) < 4.78 is 7.80. The van der Waals surface area contributed by atoms with Crippen molar-refractivity contribution in [2.24, 2.45) is 0 Å². The molecule has 0 fully saturated rings. The molecule has 0 N–H and O–H groups in total. The maximum atomic E-state index is 12.0. The van der Waals surface area contributed by atoms with E-state index in [0.29, 0.717) is 22.6 Å². The van der Waals surface area contributed by atoms with Crippen LogP contribution in [0, 0.1) is 3.57 Å². The molecule has 4 nitrogen and oxygen atoms in total. The van der Waals surface area contributed by atoms with Crippen molar-refractivity contribution in [1.82, 2.24) is 9.78 Å². The van der Waals surface area contributed by atoms with Crippen LogP contribution in [0.4, 0.5) is 0 Å². The van der Waals surface area contributed by atoms with E-state index in [2.05, 4.69) is 27.7 Å². The summed E-state index contributed by atoms with van der Waals surface area (Å²) >= 11 is 8.47. The van der Waals surface area contributed by atoms with Gasteiger partial charge in [-0.2, -0.15) is 5.10 Å². The molecular formula is C16H12ClIN2O2. The number of fused-ring (bicyclic) bond motifs is 1. The van der Waals surface area contributed by atoms with Crippen LogP contribution in [0.25, 0.3) is 10.9 Å². The number of methoxy groups -OCH3 is 1. The molecule has 0 unspecified atom stereocenters. The lowest BCUT2D eigenvalue weighted by Crippen LogP contribution is -2.08. The highest BCUT2D eigenvalue weighted by Crippen LogP contribution is 2.27. The third kappa shape index (κ3) is 2.83. The van der Waals surface area contributed by atoms with Crippen molar-refractivity contribution in [3.05, 3.63) is 62.3 Å². The summed E-state index contributed by atoms with van der Waals surface area (Å²) in [5.74, 6) is -0.397. The van der Waals surface area contributed by atoms with Crippen molar-refractivity contribution in [2.45, 2.75) is 6.54 Å².